The van der Waals surface area contributed by atoms with Gasteiger partial charge in [0, 0.05) is 5.56 Å². The number of aryl methyl sites for hydroxylation is 1. The third-order valence-electron chi connectivity index (χ3n) is 3.43. The maximum absolute atomic E-state index is 10.2. The Bertz CT molecular complexity index is 698. The van der Waals surface area contributed by atoms with E-state index in [2.05, 4.69) is 12.1 Å². The van der Waals surface area contributed by atoms with Gasteiger partial charge in [0.25, 0.3) is 0 Å². The van der Waals surface area contributed by atoms with Gasteiger partial charge >= 0.3 is 0 Å². The van der Waals surface area contributed by atoms with E-state index >= 15 is 0 Å². The molecule has 0 spiro atoms. The van der Waals surface area contributed by atoms with Gasteiger partial charge in [-0.3, -0.25) is 0 Å². The number of hydrogen-bond acceptors (Lipinski definition) is 2. The minimum Gasteiger partial charge on any atom is -0.508 e. The van der Waals surface area contributed by atoms with Gasteiger partial charge in [0.05, 0.1) is 5.92 Å². The highest BCUT2D eigenvalue weighted by Gasteiger charge is 2.22. The van der Waals surface area contributed by atoms with Crippen LogP contribution in [0.25, 0.3) is 0 Å². The Balaban J connectivity index is 2.16. The third-order valence-corrected chi connectivity index (χ3v) is 3.43. The summed E-state index contributed by atoms with van der Waals surface area (Å²) in [5.74, 6) is 1.91. The zero-order valence-corrected chi connectivity index (χ0v) is 11.3. The molecule has 3 rings (SSSR count). The second kappa shape index (κ2) is 5.25. The molecule has 0 saturated carbocycles. The SMILES string of the molecule is Cc1ccc([C@@H](c2ccccc2)c2ccccc2O)o1. The first-order valence-electron chi connectivity index (χ1n) is 6.65. The summed E-state index contributed by atoms with van der Waals surface area (Å²) in [4.78, 5) is 0. The minimum absolute atomic E-state index is 0.0916. The molecule has 0 unspecified atom stereocenters. The van der Waals surface area contributed by atoms with Crippen LogP contribution >= 0.6 is 0 Å². The fraction of sp³-hybridized carbons (Fsp3) is 0.111. The summed E-state index contributed by atoms with van der Waals surface area (Å²) in [6.45, 7) is 1.93. The van der Waals surface area contributed by atoms with Crippen molar-refractivity contribution in [1.82, 2.24) is 0 Å². The summed E-state index contributed by atoms with van der Waals surface area (Å²) < 4.78 is 5.80. The van der Waals surface area contributed by atoms with E-state index < -0.39 is 0 Å². The highest BCUT2D eigenvalue weighted by molar-refractivity contribution is 5.46. The van der Waals surface area contributed by atoms with E-state index in [1.165, 1.54) is 0 Å². The van der Waals surface area contributed by atoms with Gasteiger partial charge in [-0.2, -0.15) is 0 Å². The van der Waals surface area contributed by atoms with Gasteiger partial charge in [-0.1, -0.05) is 48.5 Å². The molecular formula is C18H16O2. The number of furan rings is 1. The van der Waals surface area contributed by atoms with Crippen LogP contribution in [0.5, 0.6) is 5.75 Å². The van der Waals surface area contributed by atoms with E-state index in [1.54, 1.807) is 6.07 Å². The van der Waals surface area contributed by atoms with Crippen molar-refractivity contribution >= 4 is 0 Å². The van der Waals surface area contributed by atoms with E-state index in [-0.39, 0.29) is 11.7 Å². The molecule has 0 amide bonds. The normalized spacial score (nSPS) is 12.2. The minimum atomic E-state index is -0.0916. The molecule has 2 nitrogen and oxygen atoms in total. The highest BCUT2D eigenvalue weighted by Crippen LogP contribution is 2.37. The lowest BCUT2D eigenvalue weighted by Crippen LogP contribution is -2.02. The maximum Gasteiger partial charge on any atom is 0.119 e. The van der Waals surface area contributed by atoms with Crippen molar-refractivity contribution in [2.45, 2.75) is 12.8 Å². The lowest BCUT2D eigenvalue weighted by molar-refractivity contribution is 0.450. The lowest BCUT2D eigenvalue weighted by Gasteiger charge is -2.17. The molecule has 0 radical (unpaired) electrons. The molecule has 3 aromatic rings. The first-order chi connectivity index (χ1) is 9.75. The molecule has 100 valence electrons. The topological polar surface area (TPSA) is 33.4 Å². The lowest BCUT2D eigenvalue weighted by atomic mass is 9.88. The summed E-state index contributed by atoms with van der Waals surface area (Å²) >= 11 is 0. The van der Waals surface area contributed by atoms with Crippen molar-refractivity contribution in [2.24, 2.45) is 0 Å². The zero-order chi connectivity index (χ0) is 13.9. The van der Waals surface area contributed by atoms with Gasteiger partial charge in [-0.25, -0.2) is 0 Å². The predicted octanol–water partition coefficient (Wildman–Crippen LogP) is 4.47. The third kappa shape index (κ3) is 2.32. The zero-order valence-electron chi connectivity index (χ0n) is 11.3. The van der Waals surface area contributed by atoms with Gasteiger partial charge < -0.3 is 9.52 Å². The average molecular weight is 264 g/mol. The van der Waals surface area contributed by atoms with Crippen LogP contribution in [0.3, 0.4) is 0 Å². The molecule has 0 saturated heterocycles. The molecule has 1 aromatic heterocycles. The smallest absolute Gasteiger partial charge is 0.119 e. The summed E-state index contributed by atoms with van der Waals surface area (Å²) in [7, 11) is 0. The number of para-hydroxylation sites is 1. The maximum atomic E-state index is 10.2. The summed E-state index contributed by atoms with van der Waals surface area (Å²) in [6.07, 6.45) is 0. The van der Waals surface area contributed by atoms with Crippen molar-refractivity contribution in [3.05, 3.63) is 89.4 Å². The van der Waals surface area contributed by atoms with Crippen LogP contribution < -0.4 is 0 Å². The van der Waals surface area contributed by atoms with E-state index in [0.29, 0.717) is 0 Å². The Morgan fingerprint density at radius 2 is 1.55 bits per heavy atom. The van der Waals surface area contributed by atoms with E-state index in [9.17, 15) is 5.11 Å². The van der Waals surface area contributed by atoms with Crippen molar-refractivity contribution in [3.8, 4) is 5.75 Å². The molecule has 0 aliphatic heterocycles. The van der Waals surface area contributed by atoms with Crippen LogP contribution in [-0.4, -0.2) is 5.11 Å². The van der Waals surface area contributed by atoms with Gasteiger partial charge in [-0.15, -0.1) is 0 Å². The molecule has 0 fully saturated rings. The fourth-order valence-corrected chi connectivity index (χ4v) is 2.48. The van der Waals surface area contributed by atoms with Gasteiger partial charge in [0.2, 0.25) is 0 Å². The molecule has 2 aromatic carbocycles. The molecule has 1 atom stereocenters. The number of phenolic OH excluding ortho intramolecular Hbond substituents is 1. The van der Waals surface area contributed by atoms with Crippen LogP contribution in [0, 0.1) is 6.92 Å². The molecule has 20 heavy (non-hydrogen) atoms. The van der Waals surface area contributed by atoms with Gasteiger partial charge in [-0.05, 0) is 30.7 Å². The molecule has 1 N–H and O–H groups in total. The van der Waals surface area contributed by atoms with Crippen molar-refractivity contribution in [3.63, 3.8) is 0 Å². The van der Waals surface area contributed by atoms with Crippen molar-refractivity contribution in [1.29, 1.82) is 0 Å². The van der Waals surface area contributed by atoms with E-state index in [0.717, 1.165) is 22.6 Å². The monoisotopic (exact) mass is 264 g/mol. The van der Waals surface area contributed by atoms with E-state index in [1.807, 2.05) is 55.5 Å². The number of benzene rings is 2. The van der Waals surface area contributed by atoms with Crippen LogP contribution in [-0.2, 0) is 0 Å². The quantitative estimate of drug-likeness (QED) is 0.757. The molecule has 0 bridgehead atoms. The van der Waals surface area contributed by atoms with Gasteiger partial charge in [0.1, 0.15) is 17.3 Å². The first-order valence-corrected chi connectivity index (χ1v) is 6.65. The molecule has 2 heteroatoms. The van der Waals surface area contributed by atoms with Gasteiger partial charge in [0.15, 0.2) is 0 Å². The Hall–Kier alpha value is -2.48. The Morgan fingerprint density at radius 1 is 0.850 bits per heavy atom. The Kier molecular flexibility index (Phi) is 3.30. The van der Waals surface area contributed by atoms with Crippen LogP contribution in [0.2, 0.25) is 0 Å². The number of rotatable bonds is 3. The first kappa shape index (κ1) is 12.5. The van der Waals surface area contributed by atoms with Crippen molar-refractivity contribution < 1.29 is 9.52 Å². The Morgan fingerprint density at radius 3 is 2.20 bits per heavy atom. The standard InChI is InChI=1S/C18H16O2/c1-13-11-12-17(20-13)18(14-7-3-2-4-8-14)15-9-5-6-10-16(15)19/h2-12,18-19H,1H3/t18-/m0/s1. The number of phenols is 1. The van der Waals surface area contributed by atoms with Crippen LogP contribution in [0.15, 0.2) is 71.1 Å². The Labute approximate surface area is 118 Å². The second-order valence-corrected chi connectivity index (χ2v) is 4.85. The highest BCUT2D eigenvalue weighted by atomic mass is 16.3. The summed E-state index contributed by atoms with van der Waals surface area (Å²) in [5.41, 5.74) is 1.96. The van der Waals surface area contributed by atoms with Crippen LogP contribution in [0.1, 0.15) is 28.6 Å². The van der Waals surface area contributed by atoms with Crippen molar-refractivity contribution in [2.75, 3.05) is 0 Å². The number of hydrogen-bond donors (Lipinski definition) is 1. The molecule has 0 aliphatic rings. The largest absolute Gasteiger partial charge is 0.508 e. The van der Waals surface area contributed by atoms with E-state index in [4.69, 9.17) is 4.42 Å². The average Bonchev–Trinajstić information content (AvgIpc) is 2.89. The second-order valence-electron chi connectivity index (χ2n) is 4.85. The predicted molar refractivity (Wildman–Crippen MR) is 78.9 cm³/mol. The fourth-order valence-electron chi connectivity index (χ4n) is 2.48. The van der Waals surface area contributed by atoms with Crippen LogP contribution in [0.4, 0.5) is 0 Å². The molecular weight excluding hydrogens is 248 g/mol. The number of aromatic hydroxyl groups is 1. The summed E-state index contributed by atoms with van der Waals surface area (Å²) in [6, 6.07) is 21.4. The molecule has 1 heterocycles. The summed E-state index contributed by atoms with van der Waals surface area (Å²) in [5, 5.41) is 10.2. The molecule has 0 aliphatic carbocycles.